The Kier molecular flexibility index (Phi) is 4.74. The van der Waals surface area contributed by atoms with Gasteiger partial charge in [-0.15, -0.1) is 0 Å². The first-order valence-corrected chi connectivity index (χ1v) is 5.25. The van der Waals surface area contributed by atoms with E-state index in [1.807, 2.05) is 6.92 Å². The van der Waals surface area contributed by atoms with Crippen molar-refractivity contribution in [3.63, 3.8) is 0 Å². The minimum absolute atomic E-state index is 0.0965. The molecule has 0 saturated carbocycles. The lowest BCUT2D eigenvalue weighted by atomic mass is 10.2. The van der Waals surface area contributed by atoms with E-state index in [0.717, 1.165) is 5.69 Å². The van der Waals surface area contributed by atoms with Crippen LogP contribution in [0.15, 0.2) is 18.3 Å². The Labute approximate surface area is 98.0 Å². The van der Waals surface area contributed by atoms with Gasteiger partial charge in [-0.3, -0.25) is 4.98 Å². The van der Waals surface area contributed by atoms with Crippen LogP contribution >= 0.6 is 0 Å². The van der Waals surface area contributed by atoms with E-state index in [-0.39, 0.29) is 12.6 Å². The lowest BCUT2D eigenvalue weighted by Gasteiger charge is -2.11. The highest BCUT2D eigenvalue weighted by atomic mass is 19.4. The van der Waals surface area contributed by atoms with Gasteiger partial charge in [0.2, 0.25) is 0 Å². The summed E-state index contributed by atoms with van der Waals surface area (Å²) in [5, 5.41) is 3.01. The molecule has 1 N–H and O–H groups in total. The molecule has 1 unspecified atom stereocenters. The molecule has 0 fully saturated rings. The number of rotatable bonds is 5. The molecule has 6 heteroatoms. The van der Waals surface area contributed by atoms with Gasteiger partial charge in [0.05, 0.1) is 24.9 Å². The van der Waals surface area contributed by atoms with Gasteiger partial charge in [-0.1, -0.05) is 0 Å². The SMILES string of the molecule is CNC(C)c1ccc(OCCC(F)(F)F)cn1. The Bertz CT molecular complexity index is 338. The third-order valence-electron chi connectivity index (χ3n) is 2.29. The zero-order valence-corrected chi connectivity index (χ0v) is 9.71. The van der Waals surface area contributed by atoms with Crippen molar-refractivity contribution < 1.29 is 17.9 Å². The van der Waals surface area contributed by atoms with Crippen LogP contribution < -0.4 is 10.1 Å². The van der Waals surface area contributed by atoms with Crippen molar-refractivity contribution >= 4 is 0 Å². The van der Waals surface area contributed by atoms with E-state index in [0.29, 0.717) is 5.75 Å². The highest BCUT2D eigenvalue weighted by Crippen LogP contribution is 2.20. The summed E-state index contributed by atoms with van der Waals surface area (Å²) in [5.74, 6) is 0.348. The molecule has 0 aliphatic rings. The number of nitrogens with one attached hydrogen (secondary N) is 1. The molecule has 1 aromatic heterocycles. The summed E-state index contributed by atoms with van der Waals surface area (Å²) in [6, 6.07) is 3.44. The second-order valence-electron chi connectivity index (χ2n) is 3.64. The summed E-state index contributed by atoms with van der Waals surface area (Å²) in [4.78, 5) is 4.10. The Morgan fingerprint density at radius 3 is 2.59 bits per heavy atom. The van der Waals surface area contributed by atoms with Gasteiger partial charge >= 0.3 is 6.18 Å². The summed E-state index contributed by atoms with van der Waals surface area (Å²) in [6.45, 7) is 1.55. The minimum Gasteiger partial charge on any atom is -0.492 e. The molecule has 1 atom stereocenters. The Hall–Kier alpha value is -1.30. The molecule has 1 rings (SSSR count). The molecule has 0 bridgehead atoms. The van der Waals surface area contributed by atoms with Crippen molar-refractivity contribution in [1.29, 1.82) is 0 Å². The number of alkyl halides is 3. The zero-order valence-electron chi connectivity index (χ0n) is 9.71. The quantitative estimate of drug-likeness (QED) is 0.870. The maximum atomic E-state index is 11.9. The maximum absolute atomic E-state index is 11.9. The van der Waals surface area contributed by atoms with E-state index >= 15 is 0 Å². The van der Waals surface area contributed by atoms with Crippen LogP contribution in [0.2, 0.25) is 0 Å². The molecule has 1 aromatic rings. The highest BCUT2D eigenvalue weighted by Gasteiger charge is 2.26. The van der Waals surface area contributed by atoms with E-state index in [2.05, 4.69) is 10.3 Å². The molecule has 0 spiro atoms. The van der Waals surface area contributed by atoms with Gasteiger partial charge in [0.15, 0.2) is 0 Å². The molecule has 0 amide bonds. The van der Waals surface area contributed by atoms with Crippen LogP contribution in [0.5, 0.6) is 5.75 Å². The van der Waals surface area contributed by atoms with E-state index in [1.54, 1.807) is 19.2 Å². The number of hydrogen-bond donors (Lipinski definition) is 1. The van der Waals surface area contributed by atoms with Gasteiger partial charge in [-0.25, -0.2) is 0 Å². The molecule has 3 nitrogen and oxygen atoms in total. The van der Waals surface area contributed by atoms with E-state index in [9.17, 15) is 13.2 Å². The second-order valence-corrected chi connectivity index (χ2v) is 3.64. The minimum atomic E-state index is -4.19. The first kappa shape index (κ1) is 13.8. The standard InChI is InChI=1S/C11H15F3N2O/c1-8(15-2)10-4-3-9(7-16-10)17-6-5-11(12,13)14/h3-4,7-8,15H,5-6H2,1-2H3. The molecule has 0 aliphatic heterocycles. The van der Waals surface area contributed by atoms with Gasteiger partial charge in [0, 0.05) is 6.04 Å². The average molecular weight is 248 g/mol. The number of pyridine rings is 1. The van der Waals surface area contributed by atoms with Gasteiger partial charge in [0.25, 0.3) is 0 Å². The lowest BCUT2D eigenvalue weighted by molar-refractivity contribution is -0.139. The molecule has 1 heterocycles. The average Bonchev–Trinajstić information content (AvgIpc) is 2.27. The maximum Gasteiger partial charge on any atom is 0.392 e. The Morgan fingerprint density at radius 1 is 1.41 bits per heavy atom. The number of hydrogen-bond acceptors (Lipinski definition) is 3. The largest absolute Gasteiger partial charge is 0.492 e. The van der Waals surface area contributed by atoms with Crippen molar-refractivity contribution in [2.75, 3.05) is 13.7 Å². The van der Waals surface area contributed by atoms with Crippen LogP contribution in [0.1, 0.15) is 25.1 Å². The summed E-state index contributed by atoms with van der Waals surface area (Å²) in [6.07, 6.45) is -3.71. The molecule has 17 heavy (non-hydrogen) atoms. The first-order chi connectivity index (χ1) is 7.92. The third kappa shape index (κ3) is 5.04. The van der Waals surface area contributed by atoms with Gasteiger partial charge in [0.1, 0.15) is 5.75 Å². The van der Waals surface area contributed by atoms with Crippen LogP contribution in [-0.4, -0.2) is 24.8 Å². The fraction of sp³-hybridized carbons (Fsp3) is 0.545. The van der Waals surface area contributed by atoms with Crippen molar-refractivity contribution in [3.05, 3.63) is 24.0 Å². The number of aromatic nitrogens is 1. The van der Waals surface area contributed by atoms with Gasteiger partial charge < -0.3 is 10.1 Å². The first-order valence-electron chi connectivity index (χ1n) is 5.25. The van der Waals surface area contributed by atoms with Crippen LogP contribution in [0.4, 0.5) is 13.2 Å². The molecular weight excluding hydrogens is 233 g/mol. The van der Waals surface area contributed by atoms with Crippen LogP contribution in [0.25, 0.3) is 0 Å². The molecule has 0 radical (unpaired) electrons. The summed E-state index contributed by atoms with van der Waals surface area (Å²) in [5.41, 5.74) is 0.815. The zero-order chi connectivity index (χ0) is 12.9. The van der Waals surface area contributed by atoms with Gasteiger partial charge in [-0.05, 0) is 26.1 Å². The van der Waals surface area contributed by atoms with E-state index in [4.69, 9.17) is 4.74 Å². The smallest absolute Gasteiger partial charge is 0.392 e. The molecule has 96 valence electrons. The highest BCUT2D eigenvalue weighted by molar-refractivity contribution is 5.21. The Balaban J connectivity index is 2.46. The van der Waals surface area contributed by atoms with E-state index < -0.39 is 12.6 Å². The summed E-state index contributed by atoms with van der Waals surface area (Å²) in [7, 11) is 1.81. The van der Waals surface area contributed by atoms with Crippen LogP contribution in [-0.2, 0) is 0 Å². The van der Waals surface area contributed by atoms with Crippen LogP contribution in [0, 0.1) is 0 Å². The summed E-state index contributed by atoms with van der Waals surface area (Å²) < 4.78 is 40.6. The number of nitrogens with zero attached hydrogens (tertiary/aromatic N) is 1. The van der Waals surface area contributed by atoms with Crippen molar-refractivity contribution in [2.45, 2.75) is 25.6 Å². The van der Waals surface area contributed by atoms with Crippen molar-refractivity contribution in [1.82, 2.24) is 10.3 Å². The molecule has 0 aromatic carbocycles. The van der Waals surface area contributed by atoms with Crippen molar-refractivity contribution in [2.24, 2.45) is 0 Å². The fourth-order valence-electron chi connectivity index (χ4n) is 1.17. The predicted octanol–water partition coefficient (Wildman–Crippen LogP) is 2.69. The lowest BCUT2D eigenvalue weighted by Crippen LogP contribution is -2.14. The summed E-state index contributed by atoms with van der Waals surface area (Å²) >= 11 is 0. The monoisotopic (exact) mass is 248 g/mol. The second kappa shape index (κ2) is 5.86. The van der Waals surface area contributed by atoms with E-state index in [1.165, 1.54) is 6.20 Å². The normalized spacial score (nSPS) is 13.5. The topological polar surface area (TPSA) is 34.1 Å². The predicted molar refractivity (Wildman–Crippen MR) is 57.9 cm³/mol. The number of ether oxygens (including phenoxy) is 1. The number of halogens is 3. The fourth-order valence-corrected chi connectivity index (χ4v) is 1.17. The third-order valence-corrected chi connectivity index (χ3v) is 2.29. The Morgan fingerprint density at radius 2 is 2.12 bits per heavy atom. The van der Waals surface area contributed by atoms with Gasteiger partial charge in [-0.2, -0.15) is 13.2 Å². The molecule has 0 saturated heterocycles. The molecule has 0 aliphatic carbocycles. The van der Waals surface area contributed by atoms with Crippen LogP contribution in [0.3, 0.4) is 0 Å². The molecular formula is C11H15F3N2O. The van der Waals surface area contributed by atoms with Crippen molar-refractivity contribution in [3.8, 4) is 5.75 Å².